The molecule has 0 unspecified atom stereocenters. The SMILES string of the molecule is OCc1ccc(Oc2ccc(F)c(F)c2)c(Cl)c1. The molecule has 94 valence electrons. The Balaban J connectivity index is 2.25. The molecule has 2 nitrogen and oxygen atoms in total. The third-order valence-electron chi connectivity index (χ3n) is 2.30. The minimum absolute atomic E-state index is 0.134. The van der Waals surface area contributed by atoms with E-state index in [0.29, 0.717) is 11.3 Å². The van der Waals surface area contributed by atoms with E-state index in [4.69, 9.17) is 21.4 Å². The Bertz CT molecular complexity index is 573. The second kappa shape index (κ2) is 5.33. The molecule has 0 amide bonds. The van der Waals surface area contributed by atoms with Gasteiger partial charge in [-0.05, 0) is 29.8 Å². The standard InChI is InChI=1S/C13H9ClF2O2/c14-10-5-8(7-17)1-4-13(10)18-9-2-3-11(15)12(16)6-9/h1-6,17H,7H2. The molecule has 2 rings (SSSR count). The van der Waals surface area contributed by atoms with E-state index in [9.17, 15) is 8.78 Å². The number of benzene rings is 2. The molecule has 0 bridgehead atoms. The first kappa shape index (κ1) is 12.8. The molecular weight excluding hydrogens is 262 g/mol. The van der Waals surface area contributed by atoms with Gasteiger partial charge >= 0.3 is 0 Å². The summed E-state index contributed by atoms with van der Waals surface area (Å²) >= 11 is 5.93. The lowest BCUT2D eigenvalue weighted by Gasteiger charge is -2.08. The van der Waals surface area contributed by atoms with Crippen LogP contribution >= 0.6 is 11.6 Å². The highest BCUT2D eigenvalue weighted by Crippen LogP contribution is 2.30. The van der Waals surface area contributed by atoms with E-state index in [-0.39, 0.29) is 17.4 Å². The van der Waals surface area contributed by atoms with Gasteiger partial charge in [0.05, 0.1) is 11.6 Å². The molecular formula is C13H9ClF2O2. The third-order valence-corrected chi connectivity index (χ3v) is 2.59. The Kier molecular flexibility index (Phi) is 3.79. The lowest BCUT2D eigenvalue weighted by atomic mass is 10.2. The second-order valence-corrected chi connectivity index (χ2v) is 4.01. The summed E-state index contributed by atoms with van der Waals surface area (Å²) in [5.74, 6) is -1.48. The molecule has 0 fully saturated rings. The van der Waals surface area contributed by atoms with E-state index in [1.807, 2.05) is 0 Å². The van der Waals surface area contributed by atoms with E-state index < -0.39 is 11.6 Å². The summed E-state index contributed by atoms with van der Waals surface area (Å²) in [6.07, 6.45) is 0. The van der Waals surface area contributed by atoms with Crippen LogP contribution in [0, 0.1) is 11.6 Å². The third kappa shape index (κ3) is 2.78. The van der Waals surface area contributed by atoms with E-state index in [1.165, 1.54) is 12.1 Å². The van der Waals surface area contributed by atoms with Crippen molar-refractivity contribution in [2.24, 2.45) is 0 Å². The molecule has 0 aliphatic rings. The second-order valence-electron chi connectivity index (χ2n) is 3.60. The lowest BCUT2D eigenvalue weighted by molar-refractivity contribution is 0.281. The minimum atomic E-state index is -0.990. The molecule has 0 aliphatic carbocycles. The molecule has 5 heteroatoms. The van der Waals surface area contributed by atoms with Crippen LogP contribution in [0.2, 0.25) is 5.02 Å². The summed E-state index contributed by atoms with van der Waals surface area (Å²) < 4.78 is 31.0. The predicted molar refractivity (Wildman–Crippen MR) is 63.8 cm³/mol. The van der Waals surface area contributed by atoms with Gasteiger partial charge in [-0.1, -0.05) is 17.7 Å². The zero-order valence-corrected chi connectivity index (χ0v) is 9.92. The molecule has 0 atom stereocenters. The zero-order chi connectivity index (χ0) is 13.1. The number of ether oxygens (including phenoxy) is 1. The lowest BCUT2D eigenvalue weighted by Crippen LogP contribution is -1.90. The van der Waals surface area contributed by atoms with Gasteiger partial charge in [-0.15, -0.1) is 0 Å². The number of aliphatic hydroxyl groups is 1. The maximum absolute atomic E-state index is 13.0. The first-order valence-corrected chi connectivity index (χ1v) is 5.50. The zero-order valence-electron chi connectivity index (χ0n) is 9.16. The molecule has 0 aromatic heterocycles. The highest BCUT2D eigenvalue weighted by Gasteiger charge is 2.07. The number of halogens is 3. The fraction of sp³-hybridized carbons (Fsp3) is 0.0769. The first-order valence-electron chi connectivity index (χ1n) is 5.12. The Morgan fingerprint density at radius 3 is 2.44 bits per heavy atom. The van der Waals surface area contributed by atoms with Gasteiger partial charge in [0.15, 0.2) is 11.6 Å². The highest BCUT2D eigenvalue weighted by molar-refractivity contribution is 6.32. The van der Waals surface area contributed by atoms with Crippen molar-refractivity contribution < 1.29 is 18.6 Å². The summed E-state index contributed by atoms with van der Waals surface area (Å²) in [6, 6.07) is 7.92. The molecule has 18 heavy (non-hydrogen) atoms. The van der Waals surface area contributed by atoms with Crippen molar-refractivity contribution in [3.05, 3.63) is 58.6 Å². The van der Waals surface area contributed by atoms with Gasteiger partial charge < -0.3 is 9.84 Å². The van der Waals surface area contributed by atoms with E-state index >= 15 is 0 Å². The molecule has 0 radical (unpaired) electrons. The summed E-state index contributed by atoms with van der Waals surface area (Å²) in [7, 11) is 0. The molecule has 0 spiro atoms. The molecule has 0 heterocycles. The summed E-state index contributed by atoms with van der Waals surface area (Å²) in [5.41, 5.74) is 0.637. The fourth-order valence-electron chi connectivity index (χ4n) is 1.39. The van der Waals surface area contributed by atoms with Crippen molar-refractivity contribution in [1.29, 1.82) is 0 Å². The summed E-state index contributed by atoms with van der Waals surface area (Å²) in [4.78, 5) is 0. The van der Waals surface area contributed by atoms with Gasteiger partial charge in [0, 0.05) is 6.07 Å². The molecule has 0 saturated carbocycles. The van der Waals surface area contributed by atoms with Crippen LogP contribution in [-0.4, -0.2) is 5.11 Å². The van der Waals surface area contributed by atoms with Crippen molar-refractivity contribution >= 4 is 11.6 Å². The molecule has 2 aromatic rings. The molecule has 2 aromatic carbocycles. The van der Waals surface area contributed by atoms with Gasteiger partial charge in [-0.2, -0.15) is 0 Å². The Morgan fingerprint density at radius 1 is 1.06 bits per heavy atom. The maximum atomic E-state index is 13.0. The van der Waals surface area contributed by atoms with Crippen LogP contribution < -0.4 is 4.74 Å². The van der Waals surface area contributed by atoms with Gasteiger partial charge in [-0.25, -0.2) is 8.78 Å². The number of hydrogen-bond donors (Lipinski definition) is 1. The fourth-order valence-corrected chi connectivity index (χ4v) is 1.63. The minimum Gasteiger partial charge on any atom is -0.456 e. The number of hydrogen-bond acceptors (Lipinski definition) is 2. The average Bonchev–Trinajstić information content (AvgIpc) is 2.36. The van der Waals surface area contributed by atoms with Gasteiger partial charge in [-0.3, -0.25) is 0 Å². The number of rotatable bonds is 3. The molecule has 1 N–H and O–H groups in total. The summed E-state index contributed by atoms with van der Waals surface area (Å²) in [6.45, 7) is -0.134. The van der Waals surface area contributed by atoms with Crippen LogP contribution in [0.5, 0.6) is 11.5 Å². The molecule has 0 saturated heterocycles. The first-order chi connectivity index (χ1) is 8.60. The van der Waals surface area contributed by atoms with Crippen molar-refractivity contribution in [2.75, 3.05) is 0 Å². The Morgan fingerprint density at radius 2 is 1.83 bits per heavy atom. The smallest absolute Gasteiger partial charge is 0.162 e. The van der Waals surface area contributed by atoms with E-state index in [1.54, 1.807) is 12.1 Å². The van der Waals surface area contributed by atoms with Crippen LogP contribution in [0.15, 0.2) is 36.4 Å². The monoisotopic (exact) mass is 270 g/mol. The van der Waals surface area contributed by atoms with Crippen LogP contribution in [0.1, 0.15) is 5.56 Å². The highest BCUT2D eigenvalue weighted by atomic mass is 35.5. The average molecular weight is 271 g/mol. The van der Waals surface area contributed by atoms with Gasteiger partial charge in [0.1, 0.15) is 11.5 Å². The van der Waals surface area contributed by atoms with Crippen molar-refractivity contribution in [3.63, 3.8) is 0 Å². The van der Waals surface area contributed by atoms with Crippen molar-refractivity contribution in [1.82, 2.24) is 0 Å². The van der Waals surface area contributed by atoms with Crippen molar-refractivity contribution in [3.8, 4) is 11.5 Å². The predicted octanol–water partition coefficient (Wildman–Crippen LogP) is 3.90. The summed E-state index contributed by atoms with van der Waals surface area (Å²) in [5, 5.41) is 9.20. The van der Waals surface area contributed by atoms with E-state index in [2.05, 4.69) is 0 Å². The quantitative estimate of drug-likeness (QED) is 0.916. The maximum Gasteiger partial charge on any atom is 0.162 e. The molecule has 0 aliphatic heterocycles. The normalized spacial score (nSPS) is 10.4. The van der Waals surface area contributed by atoms with Gasteiger partial charge in [0.2, 0.25) is 0 Å². The van der Waals surface area contributed by atoms with Crippen LogP contribution in [-0.2, 0) is 6.61 Å². The van der Waals surface area contributed by atoms with Crippen molar-refractivity contribution in [2.45, 2.75) is 6.61 Å². The largest absolute Gasteiger partial charge is 0.456 e. The topological polar surface area (TPSA) is 29.5 Å². The van der Waals surface area contributed by atoms with Crippen LogP contribution in [0.3, 0.4) is 0 Å². The van der Waals surface area contributed by atoms with Crippen LogP contribution in [0.4, 0.5) is 8.78 Å². The van der Waals surface area contributed by atoms with Gasteiger partial charge in [0.25, 0.3) is 0 Å². The van der Waals surface area contributed by atoms with E-state index in [0.717, 1.165) is 12.1 Å². The van der Waals surface area contributed by atoms with Crippen LogP contribution in [0.25, 0.3) is 0 Å². The number of aliphatic hydroxyl groups excluding tert-OH is 1. The Labute approximate surface area is 107 Å². The Hall–Kier alpha value is -1.65.